The second kappa shape index (κ2) is 9.93. The molecule has 26 heavy (non-hydrogen) atoms. The molecule has 0 saturated carbocycles. The van der Waals surface area contributed by atoms with E-state index in [0.29, 0.717) is 6.04 Å². The van der Waals surface area contributed by atoms with Gasteiger partial charge in [-0.25, -0.2) is 0 Å². The molecule has 1 fully saturated rings. The Morgan fingerprint density at radius 1 is 1.19 bits per heavy atom. The molecule has 0 radical (unpaired) electrons. The third-order valence-corrected chi connectivity index (χ3v) is 5.04. The molecule has 5 nitrogen and oxygen atoms in total. The number of guanidine groups is 1. The van der Waals surface area contributed by atoms with Gasteiger partial charge in [0.15, 0.2) is 5.96 Å². The summed E-state index contributed by atoms with van der Waals surface area (Å²) in [5.41, 5.74) is 2.83. The molecule has 0 aromatic heterocycles. The van der Waals surface area contributed by atoms with Crippen molar-refractivity contribution in [3.05, 3.63) is 35.4 Å². The van der Waals surface area contributed by atoms with Crippen molar-refractivity contribution in [1.29, 1.82) is 0 Å². The van der Waals surface area contributed by atoms with Crippen LogP contribution in [0.25, 0.3) is 0 Å². The zero-order chi connectivity index (χ0) is 19.0. The van der Waals surface area contributed by atoms with Crippen LogP contribution in [0.3, 0.4) is 0 Å². The number of piperidine rings is 1. The van der Waals surface area contributed by atoms with Crippen LogP contribution in [-0.2, 0) is 16.7 Å². The van der Waals surface area contributed by atoms with Crippen molar-refractivity contribution < 1.29 is 4.74 Å². The number of methoxy groups -OCH3 is 1. The summed E-state index contributed by atoms with van der Waals surface area (Å²) >= 11 is 0. The molecule has 1 aliphatic heterocycles. The third-order valence-electron chi connectivity index (χ3n) is 5.04. The highest BCUT2D eigenvalue weighted by atomic mass is 16.5. The molecule has 0 spiro atoms. The first-order valence-electron chi connectivity index (χ1n) is 9.70. The van der Waals surface area contributed by atoms with E-state index in [-0.39, 0.29) is 5.41 Å². The molecule has 2 rings (SSSR count). The first kappa shape index (κ1) is 20.7. The first-order valence-corrected chi connectivity index (χ1v) is 9.70. The molecule has 0 amide bonds. The van der Waals surface area contributed by atoms with Gasteiger partial charge in [0.05, 0.1) is 6.61 Å². The Balaban J connectivity index is 1.76. The fourth-order valence-corrected chi connectivity index (χ4v) is 3.22. The smallest absolute Gasteiger partial charge is 0.191 e. The summed E-state index contributed by atoms with van der Waals surface area (Å²) in [6.07, 6.45) is 2.29. The lowest BCUT2D eigenvalue weighted by molar-refractivity contribution is 0.128. The van der Waals surface area contributed by atoms with Crippen LogP contribution < -0.4 is 10.6 Å². The number of nitrogens with one attached hydrogen (secondary N) is 2. The molecule has 1 heterocycles. The fraction of sp³-hybridized carbons (Fsp3) is 0.667. The predicted molar refractivity (Wildman–Crippen MR) is 110 cm³/mol. The van der Waals surface area contributed by atoms with Gasteiger partial charge in [0, 0.05) is 46.4 Å². The molecule has 2 N–H and O–H groups in total. The van der Waals surface area contributed by atoms with Crippen LogP contribution in [0.1, 0.15) is 44.7 Å². The van der Waals surface area contributed by atoms with Gasteiger partial charge in [-0.05, 0) is 29.4 Å². The average Bonchev–Trinajstić information content (AvgIpc) is 2.64. The van der Waals surface area contributed by atoms with Crippen LogP contribution in [0.5, 0.6) is 0 Å². The molecular formula is C21H36N4O. The van der Waals surface area contributed by atoms with Crippen molar-refractivity contribution in [2.24, 2.45) is 4.99 Å². The minimum atomic E-state index is 0.196. The highest BCUT2D eigenvalue weighted by Crippen LogP contribution is 2.22. The van der Waals surface area contributed by atoms with E-state index in [1.807, 2.05) is 7.05 Å². The first-order chi connectivity index (χ1) is 12.4. The third kappa shape index (κ3) is 6.61. The number of hydrogen-bond acceptors (Lipinski definition) is 3. The lowest BCUT2D eigenvalue weighted by Gasteiger charge is -2.32. The van der Waals surface area contributed by atoms with Crippen LogP contribution in [0.2, 0.25) is 0 Å². The number of hydrogen-bond donors (Lipinski definition) is 2. The maximum absolute atomic E-state index is 5.17. The summed E-state index contributed by atoms with van der Waals surface area (Å²) in [5.74, 6) is 0.889. The van der Waals surface area contributed by atoms with Gasteiger partial charge in [-0.3, -0.25) is 4.99 Å². The number of benzene rings is 1. The second-order valence-electron chi connectivity index (χ2n) is 8.13. The van der Waals surface area contributed by atoms with E-state index in [0.717, 1.165) is 51.6 Å². The Hall–Kier alpha value is -1.59. The molecule has 0 bridgehead atoms. The largest absolute Gasteiger partial charge is 0.383 e. The van der Waals surface area contributed by atoms with Gasteiger partial charge in [0.2, 0.25) is 0 Å². The van der Waals surface area contributed by atoms with Gasteiger partial charge in [-0.15, -0.1) is 0 Å². The molecule has 1 aromatic rings. The Kier molecular flexibility index (Phi) is 7.91. The Labute approximate surface area is 159 Å². The fourth-order valence-electron chi connectivity index (χ4n) is 3.22. The molecule has 5 heteroatoms. The molecule has 146 valence electrons. The van der Waals surface area contributed by atoms with Crippen molar-refractivity contribution in [3.8, 4) is 0 Å². The molecular weight excluding hydrogens is 324 g/mol. The predicted octanol–water partition coefficient (Wildman–Crippen LogP) is 2.76. The number of aliphatic imine (C=N–C) groups is 1. The van der Waals surface area contributed by atoms with Crippen LogP contribution in [0, 0.1) is 0 Å². The summed E-state index contributed by atoms with van der Waals surface area (Å²) in [6.45, 7) is 11.6. The molecule has 0 aliphatic carbocycles. The molecule has 0 unspecified atom stereocenters. The van der Waals surface area contributed by atoms with Crippen LogP contribution in [0.4, 0.5) is 0 Å². The van der Waals surface area contributed by atoms with Gasteiger partial charge in [-0.2, -0.15) is 0 Å². The lowest BCUT2D eigenvalue weighted by atomic mass is 9.87. The minimum absolute atomic E-state index is 0.196. The van der Waals surface area contributed by atoms with Gasteiger partial charge in [0.25, 0.3) is 0 Å². The van der Waals surface area contributed by atoms with Gasteiger partial charge >= 0.3 is 0 Å². The minimum Gasteiger partial charge on any atom is -0.383 e. The molecule has 0 atom stereocenters. The van der Waals surface area contributed by atoms with Crippen molar-refractivity contribution in [1.82, 2.24) is 15.5 Å². The topological polar surface area (TPSA) is 48.9 Å². The van der Waals surface area contributed by atoms with E-state index >= 15 is 0 Å². The van der Waals surface area contributed by atoms with Crippen molar-refractivity contribution in [3.63, 3.8) is 0 Å². The summed E-state index contributed by atoms with van der Waals surface area (Å²) in [7, 11) is 3.60. The normalized spacial score (nSPS) is 17.3. The van der Waals surface area contributed by atoms with Crippen LogP contribution >= 0.6 is 0 Å². The number of likely N-dealkylation sites (tertiary alicyclic amines) is 1. The van der Waals surface area contributed by atoms with Crippen LogP contribution in [0.15, 0.2) is 29.3 Å². The van der Waals surface area contributed by atoms with Gasteiger partial charge in [0.1, 0.15) is 0 Å². The second-order valence-corrected chi connectivity index (χ2v) is 8.13. The number of ether oxygens (including phenoxy) is 1. The van der Waals surface area contributed by atoms with E-state index in [4.69, 9.17) is 4.74 Å². The summed E-state index contributed by atoms with van der Waals surface area (Å²) in [4.78, 5) is 6.85. The molecule has 1 aliphatic rings. The van der Waals surface area contributed by atoms with E-state index in [2.05, 4.69) is 65.6 Å². The Morgan fingerprint density at radius 3 is 2.38 bits per heavy atom. The van der Waals surface area contributed by atoms with E-state index in [9.17, 15) is 0 Å². The van der Waals surface area contributed by atoms with Crippen molar-refractivity contribution >= 4 is 5.96 Å². The van der Waals surface area contributed by atoms with E-state index < -0.39 is 0 Å². The highest BCUT2D eigenvalue weighted by Gasteiger charge is 2.19. The maximum atomic E-state index is 5.17. The monoisotopic (exact) mass is 360 g/mol. The molecule has 1 saturated heterocycles. The van der Waals surface area contributed by atoms with Gasteiger partial charge in [-0.1, -0.05) is 45.0 Å². The lowest BCUT2D eigenvalue weighted by Crippen LogP contribution is -2.48. The zero-order valence-corrected chi connectivity index (χ0v) is 17.1. The van der Waals surface area contributed by atoms with Crippen molar-refractivity contribution in [2.75, 3.05) is 40.4 Å². The van der Waals surface area contributed by atoms with Gasteiger partial charge < -0.3 is 20.3 Å². The zero-order valence-electron chi connectivity index (χ0n) is 17.1. The summed E-state index contributed by atoms with van der Waals surface area (Å²) in [6, 6.07) is 9.35. The summed E-state index contributed by atoms with van der Waals surface area (Å²) < 4.78 is 5.17. The maximum Gasteiger partial charge on any atom is 0.191 e. The van der Waals surface area contributed by atoms with Crippen LogP contribution in [-0.4, -0.2) is 57.3 Å². The standard InChI is InChI=1S/C21H36N4O/c1-21(2,3)18-8-6-17(7-9-18)16-23-20(22-4)24-19-10-12-25(13-11-19)14-15-26-5/h6-9,19H,10-16H2,1-5H3,(H2,22,23,24). The quantitative estimate of drug-likeness (QED) is 0.605. The van der Waals surface area contributed by atoms with E-state index in [1.54, 1.807) is 7.11 Å². The number of nitrogens with zero attached hydrogens (tertiary/aromatic N) is 2. The number of rotatable bonds is 6. The Morgan fingerprint density at radius 2 is 1.85 bits per heavy atom. The summed E-state index contributed by atoms with van der Waals surface area (Å²) in [5, 5.41) is 7.01. The van der Waals surface area contributed by atoms with Crippen molar-refractivity contribution in [2.45, 2.75) is 51.6 Å². The van der Waals surface area contributed by atoms with E-state index in [1.165, 1.54) is 11.1 Å². The molecule has 1 aromatic carbocycles. The average molecular weight is 361 g/mol. The highest BCUT2D eigenvalue weighted by molar-refractivity contribution is 5.79. The Bertz CT molecular complexity index is 554. The SMILES string of the molecule is CN=C(NCc1ccc(C(C)(C)C)cc1)NC1CCN(CCOC)CC1.